The molecule has 0 radical (unpaired) electrons. The zero-order valence-corrected chi connectivity index (χ0v) is 15.1. The number of hydrogen-bond donors (Lipinski definition) is 3. The molecule has 0 saturated heterocycles. The highest BCUT2D eigenvalue weighted by atomic mass is 19.1. The number of hydrogen-bond acceptors (Lipinski definition) is 7. The van der Waals surface area contributed by atoms with Crippen LogP contribution in [0.25, 0.3) is 5.69 Å². The van der Waals surface area contributed by atoms with Gasteiger partial charge in [-0.05, 0) is 36.2 Å². The fourth-order valence-electron chi connectivity index (χ4n) is 2.80. The van der Waals surface area contributed by atoms with Gasteiger partial charge in [-0.1, -0.05) is 17.3 Å². The van der Waals surface area contributed by atoms with E-state index >= 15 is 0 Å². The lowest BCUT2D eigenvalue weighted by molar-refractivity contribution is 0.473. The third kappa shape index (κ3) is 4.10. The summed E-state index contributed by atoms with van der Waals surface area (Å²) >= 11 is 0. The summed E-state index contributed by atoms with van der Waals surface area (Å²) < 4.78 is 15.3. The Bertz CT molecular complexity index is 1170. The molecule has 0 atom stereocenters. The van der Waals surface area contributed by atoms with Crippen LogP contribution in [-0.2, 0) is 12.8 Å². The highest BCUT2D eigenvalue weighted by Crippen LogP contribution is 2.22. The van der Waals surface area contributed by atoms with Crippen LogP contribution in [0.15, 0.2) is 59.7 Å². The highest BCUT2D eigenvalue weighted by Gasteiger charge is 2.10. The maximum atomic E-state index is 13.9. The Morgan fingerprint density at radius 3 is 2.72 bits per heavy atom. The number of anilines is 2. The molecule has 0 spiro atoms. The van der Waals surface area contributed by atoms with Crippen molar-refractivity contribution in [2.24, 2.45) is 0 Å². The Morgan fingerprint density at radius 2 is 1.97 bits per heavy atom. The number of aryl methyl sites for hydroxylation is 2. The number of rotatable bonds is 6. The van der Waals surface area contributed by atoms with Crippen LogP contribution in [0.5, 0.6) is 5.75 Å². The molecule has 0 fully saturated rings. The largest absolute Gasteiger partial charge is 0.508 e. The van der Waals surface area contributed by atoms with E-state index < -0.39 is 11.4 Å². The van der Waals surface area contributed by atoms with E-state index in [2.05, 4.69) is 30.9 Å². The van der Waals surface area contributed by atoms with Crippen molar-refractivity contribution in [3.63, 3.8) is 0 Å². The second-order valence-corrected chi connectivity index (χ2v) is 6.23. The number of aromatic hydroxyl groups is 1. The first-order valence-corrected chi connectivity index (χ1v) is 8.75. The Labute approximate surface area is 163 Å². The summed E-state index contributed by atoms with van der Waals surface area (Å²) in [6.45, 7) is 0. The fourth-order valence-corrected chi connectivity index (χ4v) is 2.80. The number of nitrogens with one attached hydrogen (secondary N) is 2. The Balaban J connectivity index is 1.55. The van der Waals surface area contributed by atoms with Gasteiger partial charge >= 0.3 is 0 Å². The topological polar surface area (TPSA) is 122 Å². The van der Waals surface area contributed by atoms with Crippen LogP contribution in [0.3, 0.4) is 0 Å². The molecule has 0 amide bonds. The zero-order chi connectivity index (χ0) is 20.2. The molecule has 0 unspecified atom stereocenters. The van der Waals surface area contributed by atoms with E-state index in [4.69, 9.17) is 0 Å². The molecule has 2 aromatic carbocycles. The summed E-state index contributed by atoms with van der Waals surface area (Å²) in [4.78, 5) is 16.8. The molecule has 9 nitrogen and oxygen atoms in total. The van der Waals surface area contributed by atoms with E-state index in [1.54, 1.807) is 0 Å². The molecule has 0 aliphatic rings. The smallest absolute Gasteiger partial charge is 0.298 e. The van der Waals surface area contributed by atoms with Crippen molar-refractivity contribution >= 4 is 11.5 Å². The second-order valence-electron chi connectivity index (χ2n) is 6.23. The van der Waals surface area contributed by atoms with Crippen molar-refractivity contribution in [2.45, 2.75) is 12.8 Å². The van der Waals surface area contributed by atoms with Crippen molar-refractivity contribution in [3.05, 3.63) is 82.4 Å². The molecule has 0 aliphatic heterocycles. The summed E-state index contributed by atoms with van der Waals surface area (Å²) in [6.07, 6.45) is 4.35. The molecule has 0 bridgehead atoms. The normalized spacial score (nSPS) is 10.8. The third-order valence-electron chi connectivity index (χ3n) is 4.28. The number of aromatic nitrogens is 6. The summed E-state index contributed by atoms with van der Waals surface area (Å²) in [6, 6.07) is 10.9. The van der Waals surface area contributed by atoms with Crippen LogP contribution < -0.4 is 10.9 Å². The van der Waals surface area contributed by atoms with Gasteiger partial charge in [0.1, 0.15) is 11.6 Å². The number of phenolic OH excluding ortho intramolecular Hbond substituents is 1. The highest BCUT2D eigenvalue weighted by molar-refractivity contribution is 5.58. The SMILES string of the molecule is O=c1c(Nc2cc(O)ccc2F)nccn1-c1ccc(CCc2nn[nH]n2)cc1. The van der Waals surface area contributed by atoms with Gasteiger partial charge in [-0.3, -0.25) is 9.36 Å². The molecule has 0 aliphatic carbocycles. The lowest BCUT2D eigenvalue weighted by Gasteiger charge is -2.10. The monoisotopic (exact) mass is 393 g/mol. The van der Waals surface area contributed by atoms with Crippen molar-refractivity contribution in [2.75, 3.05) is 5.32 Å². The summed E-state index contributed by atoms with van der Waals surface area (Å²) in [5.74, 6) is -0.153. The molecular formula is C19H16FN7O2. The summed E-state index contributed by atoms with van der Waals surface area (Å²) in [7, 11) is 0. The van der Waals surface area contributed by atoms with Gasteiger partial charge in [-0.15, -0.1) is 10.2 Å². The average Bonchev–Trinajstić information content (AvgIpc) is 3.25. The zero-order valence-electron chi connectivity index (χ0n) is 15.1. The standard InChI is InChI=1S/C19H16FN7O2/c20-15-7-6-14(28)11-16(15)22-18-19(29)27(10-9-21-18)13-4-1-12(2-5-13)3-8-17-23-25-26-24-17/h1-2,4-7,9-11,28H,3,8H2,(H,21,22)(H,23,24,25,26). The number of phenols is 1. The second kappa shape index (κ2) is 7.89. The Kier molecular flexibility index (Phi) is 4.97. The molecule has 2 aromatic heterocycles. The molecule has 2 heterocycles. The minimum atomic E-state index is -0.606. The fraction of sp³-hybridized carbons (Fsp3) is 0.105. The molecular weight excluding hydrogens is 377 g/mol. The van der Waals surface area contributed by atoms with E-state index in [0.717, 1.165) is 18.1 Å². The van der Waals surface area contributed by atoms with Gasteiger partial charge in [0, 0.05) is 30.6 Å². The predicted octanol–water partition coefficient (Wildman–Crippen LogP) is 2.12. The molecule has 10 heteroatoms. The van der Waals surface area contributed by atoms with Gasteiger partial charge in [0.25, 0.3) is 5.56 Å². The number of nitrogens with zero attached hydrogens (tertiary/aromatic N) is 5. The minimum absolute atomic E-state index is 0.0378. The van der Waals surface area contributed by atoms with Crippen LogP contribution in [-0.4, -0.2) is 35.3 Å². The van der Waals surface area contributed by atoms with Gasteiger partial charge in [0.05, 0.1) is 5.69 Å². The van der Waals surface area contributed by atoms with Crippen molar-refractivity contribution < 1.29 is 9.50 Å². The molecule has 0 saturated carbocycles. The lowest BCUT2D eigenvalue weighted by atomic mass is 10.1. The van der Waals surface area contributed by atoms with Gasteiger partial charge in [0.2, 0.25) is 0 Å². The number of aromatic amines is 1. The van der Waals surface area contributed by atoms with Gasteiger partial charge in [-0.25, -0.2) is 9.37 Å². The average molecular weight is 393 g/mol. The predicted molar refractivity (Wildman–Crippen MR) is 103 cm³/mol. The summed E-state index contributed by atoms with van der Waals surface area (Å²) in [5.41, 5.74) is 1.21. The van der Waals surface area contributed by atoms with Crippen LogP contribution >= 0.6 is 0 Å². The molecule has 3 N–H and O–H groups in total. The first-order valence-electron chi connectivity index (χ1n) is 8.75. The first kappa shape index (κ1) is 18.3. The van der Waals surface area contributed by atoms with Gasteiger partial charge in [0.15, 0.2) is 11.6 Å². The van der Waals surface area contributed by atoms with Crippen LogP contribution in [0.2, 0.25) is 0 Å². The lowest BCUT2D eigenvalue weighted by Crippen LogP contribution is -2.22. The maximum Gasteiger partial charge on any atom is 0.298 e. The minimum Gasteiger partial charge on any atom is -0.508 e. The van der Waals surface area contributed by atoms with E-state index in [0.29, 0.717) is 17.9 Å². The van der Waals surface area contributed by atoms with Crippen LogP contribution in [0, 0.1) is 5.82 Å². The number of halogens is 1. The molecule has 4 aromatic rings. The number of H-pyrrole nitrogens is 1. The van der Waals surface area contributed by atoms with Crippen molar-refractivity contribution in [1.82, 2.24) is 30.2 Å². The van der Waals surface area contributed by atoms with E-state index in [-0.39, 0.29) is 17.3 Å². The Morgan fingerprint density at radius 1 is 1.14 bits per heavy atom. The first-order chi connectivity index (χ1) is 14.1. The van der Waals surface area contributed by atoms with Crippen molar-refractivity contribution in [1.29, 1.82) is 0 Å². The van der Waals surface area contributed by atoms with Crippen LogP contribution in [0.4, 0.5) is 15.9 Å². The van der Waals surface area contributed by atoms with Crippen LogP contribution in [0.1, 0.15) is 11.4 Å². The number of benzene rings is 2. The van der Waals surface area contributed by atoms with E-state index in [9.17, 15) is 14.3 Å². The quantitative estimate of drug-likeness (QED) is 0.459. The molecule has 146 valence electrons. The van der Waals surface area contributed by atoms with Gasteiger partial charge < -0.3 is 10.4 Å². The van der Waals surface area contributed by atoms with E-state index in [1.807, 2.05) is 24.3 Å². The third-order valence-corrected chi connectivity index (χ3v) is 4.28. The van der Waals surface area contributed by atoms with Gasteiger partial charge in [-0.2, -0.15) is 5.21 Å². The van der Waals surface area contributed by atoms with E-state index in [1.165, 1.54) is 29.1 Å². The molecule has 4 rings (SSSR count). The summed E-state index contributed by atoms with van der Waals surface area (Å²) in [5, 5.41) is 25.9. The number of tetrazole rings is 1. The molecule has 29 heavy (non-hydrogen) atoms. The van der Waals surface area contributed by atoms with Crippen molar-refractivity contribution in [3.8, 4) is 11.4 Å². The maximum absolute atomic E-state index is 13.9. The Hall–Kier alpha value is -4.08.